The van der Waals surface area contributed by atoms with Crippen molar-refractivity contribution in [1.29, 1.82) is 0 Å². The Hall–Kier alpha value is -3.41. The molecule has 3 rings (SSSR count). The fraction of sp³-hybridized carbons (Fsp3) is 0.227. The van der Waals surface area contributed by atoms with Crippen LogP contribution in [0.15, 0.2) is 61.1 Å². The molecule has 6 nitrogen and oxygen atoms in total. The summed E-state index contributed by atoms with van der Waals surface area (Å²) in [6.45, 7) is 5.22. The summed E-state index contributed by atoms with van der Waals surface area (Å²) >= 11 is 0. The van der Waals surface area contributed by atoms with Crippen LogP contribution in [0.3, 0.4) is 0 Å². The van der Waals surface area contributed by atoms with Gasteiger partial charge in [-0.2, -0.15) is 0 Å². The number of amides is 1. The van der Waals surface area contributed by atoms with Crippen LogP contribution >= 0.6 is 0 Å². The van der Waals surface area contributed by atoms with Gasteiger partial charge in [0, 0.05) is 36.3 Å². The van der Waals surface area contributed by atoms with Gasteiger partial charge < -0.3 is 14.8 Å². The van der Waals surface area contributed by atoms with E-state index in [2.05, 4.69) is 15.3 Å². The molecule has 0 bridgehead atoms. The lowest BCUT2D eigenvalue weighted by Crippen LogP contribution is -2.23. The molecule has 0 unspecified atom stereocenters. The largest absolute Gasteiger partial charge is 0.490 e. The van der Waals surface area contributed by atoms with E-state index < -0.39 is 0 Å². The molecular weight excluding hydrogens is 354 g/mol. The Kier molecular flexibility index (Phi) is 6.57. The molecule has 0 aliphatic carbocycles. The Labute approximate surface area is 164 Å². The number of carbonyl (C=O) groups excluding carboxylic acids is 1. The number of aromatic nitrogens is 2. The lowest BCUT2D eigenvalue weighted by Gasteiger charge is -2.12. The SMILES string of the molecule is CCOc1ccc(C(=O)NCc2ccc(-c3cccnc3)nc2)cc1OCC. The zero-order chi connectivity index (χ0) is 19.8. The van der Waals surface area contributed by atoms with E-state index in [0.29, 0.717) is 36.8 Å². The molecule has 0 atom stereocenters. The first kappa shape index (κ1) is 19.4. The van der Waals surface area contributed by atoms with Gasteiger partial charge in [0.1, 0.15) is 0 Å². The summed E-state index contributed by atoms with van der Waals surface area (Å²) in [5.74, 6) is 1.02. The third-order valence-electron chi connectivity index (χ3n) is 4.04. The Bertz CT molecular complexity index is 912. The number of ether oxygens (including phenoxy) is 2. The van der Waals surface area contributed by atoms with Gasteiger partial charge >= 0.3 is 0 Å². The Morgan fingerprint density at radius 3 is 2.50 bits per heavy atom. The summed E-state index contributed by atoms with van der Waals surface area (Å²) in [6.07, 6.45) is 5.25. The Morgan fingerprint density at radius 1 is 1.00 bits per heavy atom. The van der Waals surface area contributed by atoms with Crippen LogP contribution in [0.25, 0.3) is 11.3 Å². The fourth-order valence-corrected chi connectivity index (χ4v) is 2.69. The van der Waals surface area contributed by atoms with E-state index in [-0.39, 0.29) is 5.91 Å². The van der Waals surface area contributed by atoms with Gasteiger partial charge in [0.15, 0.2) is 11.5 Å². The number of carbonyl (C=O) groups is 1. The Balaban J connectivity index is 1.64. The highest BCUT2D eigenvalue weighted by Crippen LogP contribution is 2.28. The van der Waals surface area contributed by atoms with Gasteiger partial charge in [0.25, 0.3) is 5.91 Å². The number of benzene rings is 1. The minimum Gasteiger partial charge on any atom is -0.490 e. The maximum Gasteiger partial charge on any atom is 0.251 e. The molecule has 0 aliphatic rings. The van der Waals surface area contributed by atoms with Crippen molar-refractivity contribution in [3.05, 3.63) is 72.2 Å². The van der Waals surface area contributed by atoms with Crippen molar-refractivity contribution in [2.45, 2.75) is 20.4 Å². The molecule has 28 heavy (non-hydrogen) atoms. The van der Waals surface area contributed by atoms with E-state index in [9.17, 15) is 4.79 Å². The molecule has 3 aromatic rings. The second kappa shape index (κ2) is 9.50. The molecule has 0 spiro atoms. The van der Waals surface area contributed by atoms with Crippen molar-refractivity contribution >= 4 is 5.91 Å². The summed E-state index contributed by atoms with van der Waals surface area (Å²) in [5.41, 5.74) is 3.23. The summed E-state index contributed by atoms with van der Waals surface area (Å²) in [6, 6.07) is 12.9. The predicted molar refractivity (Wildman–Crippen MR) is 107 cm³/mol. The summed E-state index contributed by atoms with van der Waals surface area (Å²) in [4.78, 5) is 21.0. The van der Waals surface area contributed by atoms with Crippen molar-refractivity contribution in [3.63, 3.8) is 0 Å². The van der Waals surface area contributed by atoms with Crippen LogP contribution < -0.4 is 14.8 Å². The van der Waals surface area contributed by atoms with Gasteiger partial charge in [-0.25, -0.2) is 0 Å². The Morgan fingerprint density at radius 2 is 1.82 bits per heavy atom. The zero-order valence-electron chi connectivity index (χ0n) is 16.0. The van der Waals surface area contributed by atoms with Gasteiger partial charge in [-0.1, -0.05) is 6.07 Å². The molecule has 0 saturated carbocycles. The first-order valence-corrected chi connectivity index (χ1v) is 9.24. The molecule has 0 fully saturated rings. The lowest BCUT2D eigenvalue weighted by molar-refractivity contribution is 0.0950. The van der Waals surface area contributed by atoms with Crippen molar-refractivity contribution in [1.82, 2.24) is 15.3 Å². The van der Waals surface area contributed by atoms with Gasteiger partial charge in [-0.15, -0.1) is 0 Å². The topological polar surface area (TPSA) is 73.3 Å². The number of pyridine rings is 2. The van der Waals surface area contributed by atoms with Crippen LogP contribution in [0.2, 0.25) is 0 Å². The predicted octanol–water partition coefficient (Wildman–Crippen LogP) is 3.87. The average molecular weight is 377 g/mol. The molecule has 0 radical (unpaired) electrons. The molecule has 0 saturated heterocycles. The second-order valence-electron chi connectivity index (χ2n) is 6.00. The lowest BCUT2D eigenvalue weighted by atomic mass is 10.1. The minimum absolute atomic E-state index is 0.180. The van der Waals surface area contributed by atoms with E-state index in [0.717, 1.165) is 16.8 Å². The summed E-state index contributed by atoms with van der Waals surface area (Å²) in [7, 11) is 0. The van der Waals surface area contributed by atoms with Gasteiger partial charge in [0.2, 0.25) is 0 Å². The smallest absolute Gasteiger partial charge is 0.251 e. The van der Waals surface area contributed by atoms with Crippen molar-refractivity contribution < 1.29 is 14.3 Å². The van der Waals surface area contributed by atoms with Crippen LogP contribution in [0.5, 0.6) is 11.5 Å². The molecule has 0 aliphatic heterocycles. The summed E-state index contributed by atoms with van der Waals surface area (Å²) in [5, 5.41) is 2.91. The molecule has 1 amide bonds. The maximum absolute atomic E-state index is 12.5. The number of rotatable bonds is 8. The molecule has 1 aromatic carbocycles. The van der Waals surface area contributed by atoms with Gasteiger partial charge in [-0.3, -0.25) is 14.8 Å². The number of hydrogen-bond donors (Lipinski definition) is 1. The quantitative estimate of drug-likeness (QED) is 0.645. The van der Waals surface area contributed by atoms with Gasteiger partial charge in [0.05, 0.1) is 18.9 Å². The van der Waals surface area contributed by atoms with E-state index >= 15 is 0 Å². The van der Waals surface area contributed by atoms with Crippen LogP contribution in [-0.4, -0.2) is 29.1 Å². The minimum atomic E-state index is -0.180. The van der Waals surface area contributed by atoms with Crippen LogP contribution in [0.1, 0.15) is 29.8 Å². The van der Waals surface area contributed by atoms with Crippen molar-refractivity contribution in [2.24, 2.45) is 0 Å². The van der Waals surface area contributed by atoms with Crippen LogP contribution in [-0.2, 0) is 6.54 Å². The molecule has 144 valence electrons. The number of nitrogens with zero attached hydrogens (tertiary/aromatic N) is 2. The normalized spacial score (nSPS) is 10.4. The highest BCUT2D eigenvalue weighted by Gasteiger charge is 2.11. The first-order valence-electron chi connectivity index (χ1n) is 9.24. The highest BCUT2D eigenvalue weighted by atomic mass is 16.5. The first-order chi connectivity index (χ1) is 13.7. The average Bonchev–Trinajstić information content (AvgIpc) is 2.74. The molecule has 1 N–H and O–H groups in total. The highest BCUT2D eigenvalue weighted by molar-refractivity contribution is 5.94. The number of nitrogens with one attached hydrogen (secondary N) is 1. The van der Waals surface area contributed by atoms with Crippen LogP contribution in [0.4, 0.5) is 0 Å². The maximum atomic E-state index is 12.5. The van der Waals surface area contributed by atoms with E-state index in [1.54, 1.807) is 36.8 Å². The molecule has 6 heteroatoms. The van der Waals surface area contributed by atoms with Crippen molar-refractivity contribution in [2.75, 3.05) is 13.2 Å². The summed E-state index contributed by atoms with van der Waals surface area (Å²) < 4.78 is 11.1. The van der Waals surface area contributed by atoms with E-state index in [4.69, 9.17) is 9.47 Å². The second-order valence-corrected chi connectivity index (χ2v) is 6.00. The van der Waals surface area contributed by atoms with E-state index in [1.807, 2.05) is 38.1 Å². The monoisotopic (exact) mass is 377 g/mol. The number of hydrogen-bond acceptors (Lipinski definition) is 5. The van der Waals surface area contributed by atoms with Crippen molar-refractivity contribution in [3.8, 4) is 22.8 Å². The standard InChI is InChI=1S/C22H23N3O3/c1-3-27-20-10-8-17(12-21(20)28-4-2)22(26)25-14-16-7-9-19(24-13-16)18-6-5-11-23-15-18/h5-13,15H,3-4,14H2,1-2H3,(H,25,26). The zero-order valence-corrected chi connectivity index (χ0v) is 16.0. The molecule has 2 heterocycles. The van der Waals surface area contributed by atoms with Crippen LogP contribution in [0, 0.1) is 0 Å². The van der Waals surface area contributed by atoms with Gasteiger partial charge in [-0.05, 0) is 55.8 Å². The molecule has 2 aromatic heterocycles. The van der Waals surface area contributed by atoms with E-state index in [1.165, 1.54) is 0 Å². The molecular formula is C22H23N3O3. The third kappa shape index (κ3) is 4.85. The fourth-order valence-electron chi connectivity index (χ4n) is 2.69. The third-order valence-corrected chi connectivity index (χ3v) is 4.04.